The lowest BCUT2D eigenvalue weighted by Gasteiger charge is -2.27. The van der Waals surface area contributed by atoms with E-state index in [1.807, 2.05) is 32.0 Å². The van der Waals surface area contributed by atoms with Gasteiger partial charge in [-0.15, -0.1) is 0 Å². The maximum Gasteiger partial charge on any atom is 0.252 e. The third-order valence-corrected chi connectivity index (χ3v) is 5.30. The third kappa shape index (κ3) is 4.82. The zero-order valence-corrected chi connectivity index (χ0v) is 16.2. The molecule has 140 valence electrons. The number of nitrogens with one attached hydrogen (secondary N) is 1. The van der Waals surface area contributed by atoms with Crippen molar-refractivity contribution in [2.45, 2.75) is 26.7 Å². The predicted molar refractivity (Wildman–Crippen MR) is 104 cm³/mol. The summed E-state index contributed by atoms with van der Waals surface area (Å²) in [6, 6.07) is 9.19. The Bertz CT molecular complexity index is 829. The number of hydrogen-bond donors (Lipinski definition) is 1. The smallest absolute Gasteiger partial charge is 0.252 e. The van der Waals surface area contributed by atoms with E-state index in [1.165, 1.54) is 16.8 Å². The molecule has 2 aromatic rings. The summed E-state index contributed by atoms with van der Waals surface area (Å²) in [6.07, 6.45) is 5.73. The molecule has 0 aliphatic heterocycles. The van der Waals surface area contributed by atoms with Crippen LogP contribution in [-0.2, 0) is 22.9 Å². The standard InChI is InChI=1S/C19H25N3O3S/c1-4-15-8-6-9-16(5-2)18(15)22(26(3,24)25)13-12-21-19(23)17-10-7-11-20-14-17/h6-11,14H,4-5,12-13H2,1-3H3,(H,21,23). The van der Waals surface area contributed by atoms with Crippen molar-refractivity contribution in [2.24, 2.45) is 0 Å². The molecule has 0 fully saturated rings. The molecule has 6 nitrogen and oxygen atoms in total. The van der Waals surface area contributed by atoms with Gasteiger partial charge in [-0.05, 0) is 36.1 Å². The Morgan fingerprint density at radius 2 is 1.77 bits per heavy atom. The van der Waals surface area contributed by atoms with Crippen molar-refractivity contribution in [1.82, 2.24) is 10.3 Å². The van der Waals surface area contributed by atoms with Crippen molar-refractivity contribution in [2.75, 3.05) is 23.7 Å². The van der Waals surface area contributed by atoms with Crippen LogP contribution >= 0.6 is 0 Å². The Balaban J connectivity index is 2.21. The van der Waals surface area contributed by atoms with E-state index in [1.54, 1.807) is 18.3 Å². The molecule has 0 radical (unpaired) electrons. The third-order valence-electron chi connectivity index (χ3n) is 4.14. The first-order valence-corrected chi connectivity index (χ1v) is 10.5. The molecule has 0 saturated heterocycles. The van der Waals surface area contributed by atoms with Gasteiger partial charge in [-0.3, -0.25) is 14.1 Å². The number of aryl methyl sites for hydroxylation is 2. The number of carbonyl (C=O) groups excluding carboxylic acids is 1. The van der Waals surface area contributed by atoms with E-state index in [-0.39, 0.29) is 19.0 Å². The van der Waals surface area contributed by atoms with Crippen LogP contribution in [0.25, 0.3) is 0 Å². The van der Waals surface area contributed by atoms with E-state index in [4.69, 9.17) is 0 Å². The number of anilines is 1. The minimum absolute atomic E-state index is 0.175. The van der Waals surface area contributed by atoms with Crippen molar-refractivity contribution in [3.8, 4) is 0 Å². The molecular weight excluding hydrogens is 350 g/mol. The Labute approximate surface area is 155 Å². The molecule has 0 unspecified atom stereocenters. The maximum absolute atomic E-state index is 12.4. The number of para-hydroxylation sites is 1. The lowest BCUT2D eigenvalue weighted by Crippen LogP contribution is -2.39. The first-order valence-electron chi connectivity index (χ1n) is 8.65. The summed E-state index contributed by atoms with van der Waals surface area (Å²) in [4.78, 5) is 16.1. The quantitative estimate of drug-likeness (QED) is 0.768. The van der Waals surface area contributed by atoms with E-state index >= 15 is 0 Å². The van der Waals surface area contributed by atoms with E-state index in [2.05, 4.69) is 10.3 Å². The lowest BCUT2D eigenvalue weighted by atomic mass is 10.0. The van der Waals surface area contributed by atoms with Gasteiger partial charge in [0.15, 0.2) is 0 Å². The van der Waals surface area contributed by atoms with Gasteiger partial charge in [-0.25, -0.2) is 8.42 Å². The number of rotatable bonds is 8. The van der Waals surface area contributed by atoms with Gasteiger partial charge in [0.05, 0.1) is 24.1 Å². The van der Waals surface area contributed by atoms with Gasteiger partial charge in [-0.1, -0.05) is 32.0 Å². The van der Waals surface area contributed by atoms with Gasteiger partial charge in [0.1, 0.15) is 0 Å². The molecule has 1 heterocycles. The fourth-order valence-corrected chi connectivity index (χ4v) is 3.84. The number of pyridine rings is 1. The zero-order chi connectivity index (χ0) is 19.2. The largest absolute Gasteiger partial charge is 0.350 e. The maximum atomic E-state index is 12.4. The van der Waals surface area contributed by atoms with E-state index in [0.29, 0.717) is 5.56 Å². The Kier molecular flexibility index (Phi) is 6.74. The average Bonchev–Trinajstić information content (AvgIpc) is 2.64. The van der Waals surface area contributed by atoms with Gasteiger partial charge in [-0.2, -0.15) is 0 Å². The summed E-state index contributed by atoms with van der Waals surface area (Å²) in [5.41, 5.74) is 3.14. The molecule has 1 N–H and O–H groups in total. The fraction of sp³-hybridized carbons (Fsp3) is 0.368. The first-order chi connectivity index (χ1) is 12.4. The van der Waals surface area contributed by atoms with Crippen LogP contribution in [0.15, 0.2) is 42.7 Å². The van der Waals surface area contributed by atoms with Gasteiger partial charge >= 0.3 is 0 Å². The molecule has 7 heteroatoms. The highest BCUT2D eigenvalue weighted by atomic mass is 32.2. The average molecular weight is 375 g/mol. The molecule has 0 spiro atoms. The molecule has 1 aromatic carbocycles. The van der Waals surface area contributed by atoms with Gasteiger partial charge in [0, 0.05) is 18.9 Å². The van der Waals surface area contributed by atoms with Crippen LogP contribution in [0.4, 0.5) is 5.69 Å². The van der Waals surface area contributed by atoms with Crippen molar-refractivity contribution in [1.29, 1.82) is 0 Å². The van der Waals surface area contributed by atoms with Crippen LogP contribution in [0.2, 0.25) is 0 Å². The summed E-state index contributed by atoms with van der Waals surface area (Å²) in [5, 5.41) is 2.76. The second kappa shape index (κ2) is 8.80. The van der Waals surface area contributed by atoms with Crippen LogP contribution < -0.4 is 9.62 Å². The van der Waals surface area contributed by atoms with Crippen LogP contribution in [0, 0.1) is 0 Å². The molecule has 0 atom stereocenters. The molecular formula is C19H25N3O3S. The highest BCUT2D eigenvalue weighted by Gasteiger charge is 2.22. The summed E-state index contributed by atoms with van der Waals surface area (Å²) in [7, 11) is -3.48. The summed E-state index contributed by atoms with van der Waals surface area (Å²) < 4.78 is 26.2. The molecule has 0 aliphatic carbocycles. The van der Waals surface area contributed by atoms with Crippen LogP contribution in [0.1, 0.15) is 35.3 Å². The second-order valence-corrected chi connectivity index (χ2v) is 7.87. The van der Waals surface area contributed by atoms with Gasteiger partial charge in [0.25, 0.3) is 5.91 Å². The number of sulfonamides is 1. The number of amides is 1. The number of carbonyl (C=O) groups is 1. The summed E-state index contributed by atoms with van der Waals surface area (Å²) >= 11 is 0. The highest BCUT2D eigenvalue weighted by molar-refractivity contribution is 7.92. The Morgan fingerprint density at radius 1 is 1.12 bits per heavy atom. The number of aromatic nitrogens is 1. The van der Waals surface area contributed by atoms with Crippen molar-refractivity contribution >= 4 is 21.6 Å². The zero-order valence-electron chi connectivity index (χ0n) is 15.4. The fourth-order valence-electron chi connectivity index (χ4n) is 2.85. The molecule has 1 amide bonds. The molecule has 0 saturated carbocycles. The number of benzene rings is 1. The lowest BCUT2D eigenvalue weighted by molar-refractivity contribution is 0.0954. The molecule has 2 rings (SSSR count). The SMILES string of the molecule is CCc1cccc(CC)c1N(CCNC(=O)c1cccnc1)S(C)(=O)=O. The molecule has 0 aliphatic rings. The normalized spacial score (nSPS) is 11.2. The number of nitrogens with zero attached hydrogens (tertiary/aromatic N) is 2. The Morgan fingerprint density at radius 3 is 2.27 bits per heavy atom. The highest BCUT2D eigenvalue weighted by Crippen LogP contribution is 2.28. The predicted octanol–water partition coefficient (Wildman–Crippen LogP) is 2.40. The molecule has 0 bridgehead atoms. The van der Waals surface area contributed by atoms with Crippen molar-refractivity contribution in [3.05, 3.63) is 59.4 Å². The summed E-state index contributed by atoms with van der Waals surface area (Å²) in [5.74, 6) is -0.272. The van der Waals surface area contributed by atoms with E-state index in [9.17, 15) is 13.2 Å². The minimum Gasteiger partial charge on any atom is -0.350 e. The minimum atomic E-state index is -3.48. The van der Waals surface area contributed by atoms with Crippen molar-refractivity contribution < 1.29 is 13.2 Å². The molecule has 1 aromatic heterocycles. The topological polar surface area (TPSA) is 79.4 Å². The number of hydrogen-bond acceptors (Lipinski definition) is 4. The monoisotopic (exact) mass is 375 g/mol. The van der Waals surface area contributed by atoms with E-state index in [0.717, 1.165) is 29.7 Å². The Hall–Kier alpha value is -2.41. The van der Waals surface area contributed by atoms with Crippen LogP contribution in [0.3, 0.4) is 0 Å². The second-order valence-electron chi connectivity index (χ2n) is 5.96. The first kappa shape index (κ1) is 19.9. The van der Waals surface area contributed by atoms with Crippen LogP contribution in [-0.4, -0.2) is 38.7 Å². The van der Waals surface area contributed by atoms with Gasteiger partial charge < -0.3 is 5.32 Å². The van der Waals surface area contributed by atoms with E-state index < -0.39 is 10.0 Å². The van der Waals surface area contributed by atoms with Crippen LogP contribution in [0.5, 0.6) is 0 Å². The van der Waals surface area contributed by atoms with Crippen molar-refractivity contribution in [3.63, 3.8) is 0 Å². The molecule has 26 heavy (non-hydrogen) atoms. The van der Waals surface area contributed by atoms with Gasteiger partial charge in [0.2, 0.25) is 10.0 Å². The summed E-state index contributed by atoms with van der Waals surface area (Å²) in [6.45, 7) is 4.39.